The van der Waals surface area contributed by atoms with Crippen LogP contribution in [-0.2, 0) is 29.1 Å². The van der Waals surface area contributed by atoms with Crippen molar-refractivity contribution in [3.8, 4) is 22.6 Å². The summed E-state index contributed by atoms with van der Waals surface area (Å²) >= 11 is 0. The monoisotopic (exact) mass is 445 g/mol. The van der Waals surface area contributed by atoms with Crippen LogP contribution in [-0.4, -0.2) is 19.7 Å². The summed E-state index contributed by atoms with van der Waals surface area (Å²) in [6, 6.07) is 19.6. The first-order chi connectivity index (χ1) is 16.1. The maximum Gasteiger partial charge on any atom is 0.310 e. The Bertz CT molecular complexity index is 1260. The highest BCUT2D eigenvalue weighted by molar-refractivity contribution is 5.93. The molecule has 0 saturated heterocycles. The Hall–Kier alpha value is -3.77. The molecule has 3 aromatic carbocycles. The van der Waals surface area contributed by atoms with E-state index >= 15 is 0 Å². The van der Waals surface area contributed by atoms with Crippen molar-refractivity contribution in [2.45, 2.75) is 26.5 Å². The molecular weight excluding hydrogens is 418 g/mol. The molecule has 0 fully saturated rings. The number of esters is 1. The molecule has 1 heterocycles. The maximum absolute atomic E-state index is 12.0. The summed E-state index contributed by atoms with van der Waals surface area (Å²) in [7, 11) is 1.60. The van der Waals surface area contributed by atoms with Gasteiger partial charge in [-0.1, -0.05) is 24.3 Å². The Morgan fingerprint density at radius 2 is 1.91 bits per heavy atom. The van der Waals surface area contributed by atoms with Gasteiger partial charge in [0.15, 0.2) is 0 Å². The summed E-state index contributed by atoms with van der Waals surface area (Å²) in [6.45, 7) is 2.91. The van der Waals surface area contributed by atoms with E-state index in [1.807, 2.05) is 42.5 Å². The molecule has 170 valence electrons. The molecule has 1 aromatic heterocycles. The van der Waals surface area contributed by atoms with Gasteiger partial charge < -0.3 is 24.4 Å². The van der Waals surface area contributed by atoms with Gasteiger partial charge in [-0.05, 0) is 53.9 Å². The predicted octanol–water partition coefficient (Wildman–Crippen LogP) is 5.25. The maximum atomic E-state index is 12.0. The van der Waals surface area contributed by atoms with Crippen LogP contribution in [0.25, 0.3) is 22.1 Å². The third-order valence-electron chi connectivity index (χ3n) is 5.39. The van der Waals surface area contributed by atoms with Crippen LogP contribution in [0.3, 0.4) is 0 Å². The standard InChI is InChI=1S/C27H27NO5/c1-3-31-26(29)14-21-7-8-23(30-2)15-25(21)33-17-19-12-22-9-10-32-27(22)24(13-19)20-6-4-5-18(11-20)16-28/h4-13,15H,3,14,16-17,28H2,1-2H3. The van der Waals surface area contributed by atoms with Gasteiger partial charge in [-0.15, -0.1) is 0 Å². The third-order valence-corrected chi connectivity index (χ3v) is 5.39. The molecule has 0 unspecified atom stereocenters. The van der Waals surface area contributed by atoms with E-state index in [0.717, 1.165) is 38.8 Å². The van der Waals surface area contributed by atoms with Gasteiger partial charge in [0.05, 0.1) is 26.4 Å². The fourth-order valence-electron chi connectivity index (χ4n) is 3.78. The number of rotatable bonds is 9. The number of carbonyl (C=O) groups excluding carboxylic acids is 1. The van der Waals surface area contributed by atoms with Crippen LogP contribution >= 0.6 is 0 Å². The fourth-order valence-corrected chi connectivity index (χ4v) is 3.78. The van der Waals surface area contributed by atoms with E-state index < -0.39 is 0 Å². The van der Waals surface area contributed by atoms with Crippen molar-refractivity contribution < 1.29 is 23.4 Å². The Morgan fingerprint density at radius 3 is 2.70 bits per heavy atom. The third kappa shape index (κ3) is 5.18. The highest BCUT2D eigenvalue weighted by atomic mass is 16.5. The molecule has 0 bridgehead atoms. The van der Waals surface area contributed by atoms with Crippen molar-refractivity contribution in [2.75, 3.05) is 13.7 Å². The zero-order valence-corrected chi connectivity index (χ0v) is 18.8. The van der Waals surface area contributed by atoms with Crippen molar-refractivity contribution in [3.05, 3.63) is 83.6 Å². The van der Waals surface area contributed by atoms with Crippen LogP contribution in [0.1, 0.15) is 23.6 Å². The van der Waals surface area contributed by atoms with Gasteiger partial charge in [-0.25, -0.2) is 0 Å². The second kappa shape index (κ2) is 10.2. The molecule has 0 saturated carbocycles. The van der Waals surface area contributed by atoms with Crippen LogP contribution in [0.4, 0.5) is 0 Å². The minimum atomic E-state index is -0.297. The van der Waals surface area contributed by atoms with Crippen LogP contribution in [0.15, 0.2) is 71.3 Å². The normalized spacial score (nSPS) is 10.9. The smallest absolute Gasteiger partial charge is 0.310 e. The van der Waals surface area contributed by atoms with E-state index in [9.17, 15) is 4.79 Å². The summed E-state index contributed by atoms with van der Waals surface area (Å²) in [5, 5.41) is 0.988. The summed E-state index contributed by atoms with van der Waals surface area (Å²) < 4.78 is 22.4. The van der Waals surface area contributed by atoms with E-state index in [1.165, 1.54) is 0 Å². The molecule has 0 spiro atoms. The number of benzene rings is 3. The molecule has 33 heavy (non-hydrogen) atoms. The zero-order valence-electron chi connectivity index (χ0n) is 18.8. The van der Waals surface area contributed by atoms with Crippen LogP contribution in [0.2, 0.25) is 0 Å². The molecule has 0 radical (unpaired) electrons. The van der Waals surface area contributed by atoms with E-state index in [2.05, 4.69) is 12.1 Å². The van der Waals surface area contributed by atoms with Gasteiger partial charge >= 0.3 is 5.97 Å². The number of hydrogen-bond acceptors (Lipinski definition) is 6. The summed E-state index contributed by atoms with van der Waals surface area (Å²) in [4.78, 5) is 12.0. The van der Waals surface area contributed by atoms with Crippen molar-refractivity contribution in [2.24, 2.45) is 5.73 Å². The molecule has 0 aliphatic carbocycles. The number of carbonyl (C=O) groups is 1. The Labute approximate surface area is 192 Å². The average Bonchev–Trinajstić information content (AvgIpc) is 3.31. The van der Waals surface area contributed by atoms with Crippen molar-refractivity contribution in [3.63, 3.8) is 0 Å². The number of nitrogens with two attached hydrogens (primary N) is 1. The van der Waals surface area contributed by atoms with Gasteiger partial charge in [-0.2, -0.15) is 0 Å². The molecule has 0 aliphatic rings. The summed E-state index contributed by atoms with van der Waals surface area (Å²) in [6.07, 6.45) is 1.82. The quantitative estimate of drug-likeness (QED) is 0.354. The molecule has 0 amide bonds. The second-order valence-electron chi connectivity index (χ2n) is 7.63. The SMILES string of the molecule is CCOC(=O)Cc1ccc(OC)cc1OCc1cc(-c2cccc(CN)c2)c2occc2c1. The number of fused-ring (bicyclic) bond motifs is 1. The number of furan rings is 1. The Morgan fingerprint density at radius 1 is 1.03 bits per heavy atom. The van der Waals surface area contributed by atoms with Gasteiger partial charge in [0.2, 0.25) is 0 Å². The highest BCUT2D eigenvalue weighted by Crippen LogP contribution is 2.33. The molecule has 0 atom stereocenters. The Balaban J connectivity index is 1.64. The van der Waals surface area contributed by atoms with E-state index in [1.54, 1.807) is 26.4 Å². The topological polar surface area (TPSA) is 83.9 Å². The molecule has 6 heteroatoms. The van der Waals surface area contributed by atoms with E-state index in [0.29, 0.717) is 31.3 Å². The predicted molar refractivity (Wildman–Crippen MR) is 127 cm³/mol. The molecule has 4 aromatic rings. The van der Waals surface area contributed by atoms with Crippen LogP contribution in [0.5, 0.6) is 11.5 Å². The van der Waals surface area contributed by atoms with E-state index in [4.69, 9.17) is 24.4 Å². The van der Waals surface area contributed by atoms with Crippen LogP contribution in [0, 0.1) is 0 Å². The molecule has 4 rings (SSSR count). The number of ether oxygens (including phenoxy) is 3. The first-order valence-corrected chi connectivity index (χ1v) is 10.9. The highest BCUT2D eigenvalue weighted by Gasteiger charge is 2.14. The summed E-state index contributed by atoms with van der Waals surface area (Å²) in [5.74, 6) is 0.943. The minimum Gasteiger partial charge on any atom is -0.497 e. The molecule has 2 N–H and O–H groups in total. The van der Waals surface area contributed by atoms with Crippen molar-refractivity contribution in [1.82, 2.24) is 0 Å². The lowest BCUT2D eigenvalue weighted by Crippen LogP contribution is -2.09. The first-order valence-electron chi connectivity index (χ1n) is 10.9. The first kappa shape index (κ1) is 22.4. The minimum absolute atomic E-state index is 0.130. The number of hydrogen-bond donors (Lipinski definition) is 1. The van der Waals surface area contributed by atoms with E-state index in [-0.39, 0.29) is 12.4 Å². The molecule has 0 aliphatic heterocycles. The number of methoxy groups -OCH3 is 1. The second-order valence-corrected chi connectivity index (χ2v) is 7.63. The van der Waals surface area contributed by atoms with Gasteiger partial charge in [0.1, 0.15) is 23.7 Å². The largest absolute Gasteiger partial charge is 0.497 e. The average molecular weight is 446 g/mol. The lowest BCUT2D eigenvalue weighted by molar-refractivity contribution is -0.142. The van der Waals surface area contributed by atoms with Crippen molar-refractivity contribution >= 4 is 16.9 Å². The van der Waals surface area contributed by atoms with Gasteiger partial charge in [-0.3, -0.25) is 4.79 Å². The van der Waals surface area contributed by atoms with Gasteiger partial charge in [0, 0.05) is 29.1 Å². The van der Waals surface area contributed by atoms with Crippen molar-refractivity contribution in [1.29, 1.82) is 0 Å². The lowest BCUT2D eigenvalue weighted by Gasteiger charge is -2.14. The zero-order chi connectivity index (χ0) is 23.2. The lowest BCUT2D eigenvalue weighted by atomic mass is 9.99. The van der Waals surface area contributed by atoms with Gasteiger partial charge in [0.25, 0.3) is 0 Å². The van der Waals surface area contributed by atoms with Crippen LogP contribution < -0.4 is 15.2 Å². The Kier molecular flexibility index (Phi) is 6.95. The summed E-state index contributed by atoms with van der Waals surface area (Å²) in [5.41, 5.74) is 11.4. The fraction of sp³-hybridized carbons (Fsp3) is 0.222. The molecule has 6 nitrogen and oxygen atoms in total. The molecular formula is C27H27NO5.